The van der Waals surface area contributed by atoms with Crippen LogP contribution in [-0.4, -0.2) is 111 Å². The van der Waals surface area contributed by atoms with E-state index in [9.17, 15) is 19.2 Å². The molecule has 14 nitrogen and oxygen atoms in total. The van der Waals surface area contributed by atoms with Crippen molar-refractivity contribution in [3.63, 3.8) is 0 Å². The summed E-state index contributed by atoms with van der Waals surface area (Å²) in [5, 5.41) is 8.30. The molecule has 0 radical (unpaired) electrons. The number of nitrogens with zero attached hydrogens (tertiary/aromatic N) is 6. The maximum Gasteiger partial charge on any atom is 0.324 e. The van der Waals surface area contributed by atoms with Gasteiger partial charge in [-0.25, -0.2) is 15.2 Å². The van der Waals surface area contributed by atoms with Crippen molar-refractivity contribution in [2.24, 2.45) is 11.3 Å². The van der Waals surface area contributed by atoms with E-state index in [2.05, 4.69) is 60.3 Å². The third-order valence-corrected chi connectivity index (χ3v) is 14.6. The van der Waals surface area contributed by atoms with Crippen molar-refractivity contribution in [2.45, 2.75) is 142 Å². The number of hydrazine groups is 1. The van der Waals surface area contributed by atoms with Gasteiger partial charge in [-0.05, 0) is 101 Å². The van der Waals surface area contributed by atoms with Crippen LogP contribution in [0.25, 0.3) is 33.4 Å². The Morgan fingerprint density at radius 1 is 1.08 bits per heavy atom. The van der Waals surface area contributed by atoms with Gasteiger partial charge < -0.3 is 29.2 Å². The van der Waals surface area contributed by atoms with Gasteiger partial charge >= 0.3 is 12.0 Å². The molecule has 4 aliphatic heterocycles. The Morgan fingerprint density at radius 3 is 2.56 bits per heavy atom. The first-order valence-electron chi connectivity index (χ1n) is 22.9. The van der Waals surface area contributed by atoms with E-state index in [1.807, 2.05) is 37.1 Å². The minimum Gasteiger partial charge on any atom is -0.464 e. The topological polar surface area (TPSA) is 151 Å². The zero-order valence-corrected chi connectivity index (χ0v) is 38.9. The number of carbonyl (C=O) groups excluding carboxylic acids is 4. The number of hydrogen-bond acceptors (Lipinski definition) is 10. The lowest BCUT2D eigenvalue weighted by molar-refractivity contribution is -0.155. The fraction of sp³-hybridized carbons (Fsp3) is 0.583. The van der Waals surface area contributed by atoms with E-state index in [4.69, 9.17) is 19.4 Å². The van der Waals surface area contributed by atoms with Crippen molar-refractivity contribution >= 4 is 46.1 Å². The molecule has 3 aromatic heterocycles. The lowest BCUT2D eigenvalue weighted by Gasteiger charge is -2.40. The molecule has 4 amide bonds. The number of methoxy groups -OCH3 is 1. The number of benzene rings is 1. The minimum absolute atomic E-state index is 0.126. The van der Waals surface area contributed by atoms with Crippen LogP contribution in [-0.2, 0) is 43.2 Å². The highest BCUT2D eigenvalue weighted by molar-refractivity contribution is 7.10. The molecule has 15 heteroatoms. The van der Waals surface area contributed by atoms with Crippen molar-refractivity contribution in [2.75, 3.05) is 27.3 Å². The SMILES string of the molecule is CCn1c(-c2cccnc2[C@H](C)OC)c2c3cc(ccc31)-c1csc(n1)C[C@H](NC(=O)C(C(C)C)N(C)C(=O)N1C3CCCC1CC3)C(=O)N1CCC[C@H](N1)C(=O)OCC(C)(C)C2. The smallest absolute Gasteiger partial charge is 0.324 e. The molecule has 3 unspecified atom stereocenters. The van der Waals surface area contributed by atoms with Crippen LogP contribution >= 0.6 is 11.3 Å². The molecule has 3 fully saturated rings. The first kappa shape index (κ1) is 44.7. The number of likely N-dealkylation sites (N-methyl/N-ethyl adjacent to an activating group) is 1. The van der Waals surface area contributed by atoms with E-state index in [-0.39, 0.29) is 49.1 Å². The van der Waals surface area contributed by atoms with Crippen LogP contribution in [0.1, 0.15) is 109 Å². The molecule has 0 spiro atoms. The number of hydrogen-bond donors (Lipinski definition) is 2. The van der Waals surface area contributed by atoms with E-state index in [1.54, 1.807) is 25.3 Å². The number of rotatable bonds is 8. The Labute approximate surface area is 375 Å². The van der Waals surface area contributed by atoms with Crippen LogP contribution in [0, 0.1) is 11.3 Å². The number of cyclic esters (lactones) is 1. The van der Waals surface area contributed by atoms with Crippen molar-refractivity contribution in [1.29, 1.82) is 0 Å². The van der Waals surface area contributed by atoms with Crippen LogP contribution in [0.2, 0.25) is 0 Å². The zero-order chi connectivity index (χ0) is 44.7. The Hall–Kier alpha value is -4.86. The summed E-state index contributed by atoms with van der Waals surface area (Å²) in [7, 11) is 3.40. The van der Waals surface area contributed by atoms with Crippen molar-refractivity contribution in [3.8, 4) is 22.5 Å². The number of nitrogens with one attached hydrogen (secondary N) is 2. The molecule has 2 N–H and O–H groups in total. The van der Waals surface area contributed by atoms with Gasteiger partial charge in [0.05, 0.1) is 34.8 Å². The highest BCUT2D eigenvalue weighted by Crippen LogP contribution is 2.42. The van der Waals surface area contributed by atoms with Gasteiger partial charge in [0.2, 0.25) is 5.91 Å². The molecular weight excluding hydrogens is 817 g/mol. The maximum absolute atomic E-state index is 14.6. The first-order valence-corrected chi connectivity index (χ1v) is 23.7. The second-order valence-corrected chi connectivity index (χ2v) is 20.0. The van der Waals surface area contributed by atoms with Gasteiger partial charge in [-0.2, -0.15) is 0 Å². The van der Waals surface area contributed by atoms with Gasteiger partial charge in [0.25, 0.3) is 5.91 Å². The molecule has 4 aliphatic rings. The Kier molecular flexibility index (Phi) is 13.0. The number of piperidine rings is 1. The fourth-order valence-corrected chi connectivity index (χ4v) is 11.3. The number of thiazole rings is 1. The Bertz CT molecular complexity index is 2340. The normalized spacial score (nSPS) is 23.6. The molecular formula is C48H64N8O6S. The van der Waals surface area contributed by atoms with E-state index >= 15 is 0 Å². The second kappa shape index (κ2) is 18.3. The lowest BCUT2D eigenvalue weighted by atomic mass is 9.84. The highest BCUT2D eigenvalue weighted by atomic mass is 32.1. The molecule has 1 aromatic carbocycles. The summed E-state index contributed by atoms with van der Waals surface area (Å²) in [5.41, 5.74) is 9.46. The molecule has 7 heterocycles. The number of fused-ring (bicyclic) bond motifs is 8. The van der Waals surface area contributed by atoms with Crippen molar-refractivity contribution in [3.05, 3.63) is 58.2 Å². The van der Waals surface area contributed by atoms with Crippen LogP contribution in [0.15, 0.2) is 41.9 Å². The summed E-state index contributed by atoms with van der Waals surface area (Å²) in [6.07, 6.45) is 8.42. The average molecular weight is 881 g/mol. The summed E-state index contributed by atoms with van der Waals surface area (Å²) >= 11 is 1.44. The summed E-state index contributed by atoms with van der Waals surface area (Å²) in [4.78, 5) is 70.6. The summed E-state index contributed by atoms with van der Waals surface area (Å²) in [6.45, 7) is 13.4. The average Bonchev–Trinajstić information content (AvgIpc) is 3.94. The molecule has 8 bridgehead atoms. The number of urea groups is 1. The molecule has 6 atom stereocenters. The van der Waals surface area contributed by atoms with E-state index in [0.717, 1.165) is 76.8 Å². The number of amides is 4. The highest BCUT2D eigenvalue weighted by Gasteiger charge is 2.44. The largest absolute Gasteiger partial charge is 0.464 e. The van der Waals surface area contributed by atoms with E-state index < -0.39 is 35.4 Å². The molecule has 0 aliphatic carbocycles. The fourth-order valence-electron chi connectivity index (χ4n) is 10.5. The molecule has 8 rings (SSSR count). The van der Waals surface area contributed by atoms with Crippen LogP contribution in [0.3, 0.4) is 0 Å². The number of pyridine rings is 1. The second-order valence-electron chi connectivity index (χ2n) is 19.1. The summed E-state index contributed by atoms with van der Waals surface area (Å²) < 4.78 is 14.3. The van der Waals surface area contributed by atoms with Gasteiger partial charge in [-0.3, -0.25) is 24.4 Å². The molecule has 4 aromatic rings. The number of aryl methyl sites for hydroxylation is 1. The Morgan fingerprint density at radius 2 is 1.84 bits per heavy atom. The van der Waals surface area contributed by atoms with Crippen LogP contribution < -0.4 is 10.7 Å². The predicted molar refractivity (Wildman–Crippen MR) is 244 cm³/mol. The van der Waals surface area contributed by atoms with Crippen molar-refractivity contribution in [1.82, 2.24) is 40.1 Å². The van der Waals surface area contributed by atoms with Gasteiger partial charge in [0.15, 0.2) is 0 Å². The molecule has 63 heavy (non-hydrogen) atoms. The number of carbonyl (C=O) groups is 4. The molecule has 0 saturated carbocycles. The van der Waals surface area contributed by atoms with E-state index in [0.29, 0.717) is 37.4 Å². The third-order valence-electron chi connectivity index (χ3n) is 13.7. The minimum atomic E-state index is -1.02. The van der Waals surface area contributed by atoms with E-state index in [1.165, 1.54) is 16.3 Å². The van der Waals surface area contributed by atoms with Gasteiger partial charge in [-0.1, -0.05) is 33.8 Å². The van der Waals surface area contributed by atoms with Crippen molar-refractivity contribution < 1.29 is 28.7 Å². The summed E-state index contributed by atoms with van der Waals surface area (Å²) in [6, 6.07) is 8.18. The number of esters is 1. The molecule has 338 valence electrons. The lowest BCUT2D eigenvalue weighted by Crippen LogP contribution is -2.63. The number of ether oxygens (including phenoxy) is 2. The third kappa shape index (κ3) is 8.85. The predicted octanol–water partition coefficient (Wildman–Crippen LogP) is 7.30. The zero-order valence-electron chi connectivity index (χ0n) is 38.1. The quantitative estimate of drug-likeness (QED) is 0.174. The van der Waals surface area contributed by atoms with Gasteiger partial charge in [0, 0.05) is 84.8 Å². The monoisotopic (exact) mass is 880 g/mol. The molecule has 3 saturated heterocycles. The van der Waals surface area contributed by atoms with Crippen LogP contribution in [0.5, 0.6) is 0 Å². The van der Waals surface area contributed by atoms with Crippen LogP contribution in [0.4, 0.5) is 4.79 Å². The maximum atomic E-state index is 14.6. The standard InChI is InChI=1S/C48H64N8O6S/c1-9-54-39-20-17-30-23-34(39)35(43(54)33-15-11-21-49-41(33)29(4)61-8)25-48(5,6)27-62-46(59)36-16-12-22-55(52-36)45(58)37(24-40-50-38(30)26-63-40)51-44(57)42(28(2)3)53(7)47(60)56-31-13-10-14-32(56)19-18-31/h11,15,17,20-21,23,26,28-29,31-32,36-37,42,52H,9-10,12-14,16,18-19,22,24-25,27H2,1-8H3,(H,51,57)/t29-,31?,32?,36-,37-,42?/m0/s1. The number of aromatic nitrogens is 3. The van der Waals surface area contributed by atoms with Gasteiger partial charge in [-0.15, -0.1) is 11.3 Å². The van der Waals surface area contributed by atoms with Gasteiger partial charge in [0.1, 0.15) is 18.1 Å². The first-order chi connectivity index (χ1) is 30.2. The summed E-state index contributed by atoms with van der Waals surface area (Å²) in [5.74, 6) is -1.43. The Balaban J connectivity index is 1.18.